The number of hydrogen-bond acceptors (Lipinski definition) is 4. The number of carbonyl (C=O) groups is 2. The lowest BCUT2D eigenvalue weighted by atomic mass is 9.72. The van der Waals surface area contributed by atoms with Crippen molar-refractivity contribution in [1.29, 1.82) is 0 Å². The fourth-order valence-corrected chi connectivity index (χ4v) is 2.59. The first kappa shape index (κ1) is 15.7. The maximum atomic E-state index is 11.4. The third-order valence-electron chi connectivity index (χ3n) is 3.61. The second-order valence-corrected chi connectivity index (χ2v) is 5.10. The largest absolute Gasteiger partial charge is 0.466 e. The summed E-state index contributed by atoms with van der Waals surface area (Å²) in [5, 5.41) is 0. The van der Waals surface area contributed by atoms with Gasteiger partial charge in [0.05, 0.1) is 13.2 Å². The molecule has 0 aromatic carbocycles. The van der Waals surface area contributed by atoms with Gasteiger partial charge in [-0.1, -0.05) is 25.3 Å². The van der Waals surface area contributed by atoms with E-state index in [0.29, 0.717) is 13.2 Å². The molecule has 1 aliphatic carbocycles. The highest BCUT2D eigenvalue weighted by atomic mass is 16.5. The van der Waals surface area contributed by atoms with Crippen molar-refractivity contribution < 1.29 is 19.1 Å². The highest BCUT2D eigenvalue weighted by Crippen LogP contribution is 2.40. The van der Waals surface area contributed by atoms with Crippen LogP contribution in [-0.2, 0) is 19.1 Å². The number of ether oxygens (including phenoxy) is 2. The first-order valence-corrected chi connectivity index (χ1v) is 7.07. The number of rotatable bonds is 6. The molecule has 4 nitrogen and oxygen atoms in total. The first-order valence-electron chi connectivity index (χ1n) is 7.07. The van der Waals surface area contributed by atoms with E-state index >= 15 is 0 Å². The summed E-state index contributed by atoms with van der Waals surface area (Å²) in [4.78, 5) is 22.2. The summed E-state index contributed by atoms with van der Waals surface area (Å²) in [6.45, 7) is 4.02. The lowest BCUT2D eigenvalue weighted by Crippen LogP contribution is -2.24. The van der Waals surface area contributed by atoms with Crippen LogP contribution in [0.25, 0.3) is 0 Å². The molecule has 0 heterocycles. The molecular formula is C15H24O4. The van der Waals surface area contributed by atoms with E-state index in [-0.39, 0.29) is 17.4 Å². The molecule has 0 atom stereocenters. The van der Waals surface area contributed by atoms with Crippen LogP contribution in [0.15, 0.2) is 12.2 Å². The van der Waals surface area contributed by atoms with E-state index in [0.717, 1.165) is 32.1 Å². The molecule has 0 spiro atoms. The van der Waals surface area contributed by atoms with Crippen LogP contribution in [-0.4, -0.2) is 25.2 Å². The number of carbonyl (C=O) groups excluding carboxylic acids is 2. The van der Waals surface area contributed by atoms with Crippen molar-refractivity contribution in [3.05, 3.63) is 12.2 Å². The van der Waals surface area contributed by atoms with Gasteiger partial charge in [-0.15, -0.1) is 0 Å². The summed E-state index contributed by atoms with van der Waals surface area (Å²) in [5.41, 5.74) is -0.0134. The van der Waals surface area contributed by atoms with E-state index in [2.05, 4.69) is 0 Å². The molecule has 0 aromatic heterocycles. The van der Waals surface area contributed by atoms with Gasteiger partial charge in [0.25, 0.3) is 0 Å². The van der Waals surface area contributed by atoms with Gasteiger partial charge in [-0.05, 0) is 31.6 Å². The SMILES string of the molecule is CCOC(=O)C=CC1(CCOC(C)=O)CCCCC1. The van der Waals surface area contributed by atoms with Crippen LogP contribution >= 0.6 is 0 Å². The lowest BCUT2D eigenvalue weighted by Gasteiger charge is -2.34. The minimum atomic E-state index is -0.292. The van der Waals surface area contributed by atoms with Gasteiger partial charge in [-0.25, -0.2) is 4.79 Å². The Balaban J connectivity index is 2.58. The number of esters is 2. The van der Waals surface area contributed by atoms with Crippen molar-refractivity contribution in [1.82, 2.24) is 0 Å². The Hall–Kier alpha value is -1.32. The van der Waals surface area contributed by atoms with Gasteiger partial charge < -0.3 is 9.47 Å². The zero-order valence-electron chi connectivity index (χ0n) is 11.9. The van der Waals surface area contributed by atoms with Crippen molar-refractivity contribution in [2.24, 2.45) is 5.41 Å². The Morgan fingerprint density at radius 2 is 1.84 bits per heavy atom. The van der Waals surface area contributed by atoms with Gasteiger partial charge in [0, 0.05) is 13.0 Å². The van der Waals surface area contributed by atoms with Crippen molar-refractivity contribution in [3.8, 4) is 0 Å². The highest BCUT2D eigenvalue weighted by Gasteiger charge is 2.29. The zero-order valence-corrected chi connectivity index (χ0v) is 11.9. The predicted octanol–water partition coefficient (Wildman–Crippen LogP) is 3.01. The molecule has 0 bridgehead atoms. The summed E-state index contributed by atoms with van der Waals surface area (Å²) in [6.07, 6.45) is 9.93. The summed E-state index contributed by atoms with van der Waals surface area (Å²) < 4.78 is 9.94. The molecule has 1 aliphatic rings. The standard InChI is InChI=1S/C15H24O4/c1-3-18-14(17)7-10-15(8-5-4-6-9-15)11-12-19-13(2)16/h7,10H,3-6,8-9,11-12H2,1-2H3. The molecule has 0 unspecified atom stereocenters. The normalized spacial score (nSPS) is 18.2. The Morgan fingerprint density at radius 3 is 2.42 bits per heavy atom. The van der Waals surface area contributed by atoms with Crippen LogP contribution in [0, 0.1) is 5.41 Å². The van der Waals surface area contributed by atoms with Crippen LogP contribution in [0.4, 0.5) is 0 Å². The van der Waals surface area contributed by atoms with Crippen LogP contribution in [0.5, 0.6) is 0 Å². The van der Waals surface area contributed by atoms with E-state index in [1.807, 2.05) is 6.08 Å². The van der Waals surface area contributed by atoms with E-state index in [1.165, 1.54) is 19.4 Å². The average Bonchev–Trinajstić information content (AvgIpc) is 2.38. The topological polar surface area (TPSA) is 52.6 Å². The monoisotopic (exact) mass is 268 g/mol. The molecule has 0 aliphatic heterocycles. The summed E-state index contributed by atoms with van der Waals surface area (Å²) in [5.74, 6) is -0.541. The maximum Gasteiger partial charge on any atom is 0.330 e. The van der Waals surface area contributed by atoms with Crippen molar-refractivity contribution in [3.63, 3.8) is 0 Å². The molecule has 0 saturated heterocycles. The lowest BCUT2D eigenvalue weighted by molar-refractivity contribution is -0.142. The predicted molar refractivity (Wildman–Crippen MR) is 72.5 cm³/mol. The van der Waals surface area contributed by atoms with E-state index in [4.69, 9.17) is 9.47 Å². The van der Waals surface area contributed by atoms with Crippen molar-refractivity contribution in [2.75, 3.05) is 13.2 Å². The van der Waals surface area contributed by atoms with Gasteiger partial charge in [0.15, 0.2) is 0 Å². The smallest absolute Gasteiger partial charge is 0.330 e. The summed E-state index contributed by atoms with van der Waals surface area (Å²) in [7, 11) is 0. The van der Waals surface area contributed by atoms with Crippen molar-refractivity contribution in [2.45, 2.75) is 52.4 Å². The molecule has 1 saturated carbocycles. The number of hydrogen-bond donors (Lipinski definition) is 0. The van der Waals surface area contributed by atoms with E-state index in [1.54, 1.807) is 6.92 Å². The highest BCUT2D eigenvalue weighted by molar-refractivity contribution is 5.82. The Kier molecular flexibility index (Phi) is 6.60. The maximum absolute atomic E-state index is 11.4. The Bertz CT molecular complexity index is 327. The third-order valence-corrected chi connectivity index (χ3v) is 3.61. The van der Waals surface area contributed by atoms with E-state index in [9.17, 15) is 9.59 Å². The van der Waals surface area contributed by atoms with Gasteiger partial charge in [-0.2, -0.15) is 0 Å². The molecule has 0 N–H and O–H groups in total. The van der Waals surface area contributed by atoms with Crippen LogP contribution in [0.1, 0.15) is 52.4 Å². The Morgan fingerprint density at radius 1 is 1.16 bits per heavy atom. The third kappa shape index (κ3) is 5.90. The van der Waals surface area contributed by atoms with Crippen LogP contribution in [0.2, 0.25) is 0 Å². The molecule has 0 aromatic rings. The Labute approximate surface area is 115 Å². The van der Waals surface area contributed by atoms with Crippen LogP contribution < -0.4 is 0 Å². The fourth-order valence-electron chi connectivity index (χ4n) is 2.59. The fraction of sp³-hybridized carbons (Fsp3) is 0.733. The molecule has 108 valence electrons. The zero-order chi connectivity index (χ0) is 14.1. The van der Waals surface area contributed by atoms with E-state index < -0.39 is 0 Å². The summed E-state index contributed by atoms with van der Waals surface area (Å²) >= 11 is 0. The minimum absolute atomic E-state index is 0.0134. The molecule has 1 fully saturated rings. The molecule has 0 radical (unpaired) electrons. The van der Waals surface area contributed by atoms with Gasteiger partial charge >= 0.3 is 11.9 Å². The molecule has 0 amide bonds. The second-order valence-electron chi connectivity index (χ2n) is 5.10. The molecule has 4 heteroatoms. The summed E-state index contributed by atoms with van der Waals surface area (Å²) in [6, 6.07) is 0. The molecule has 19 heavy (non-hydrogen) atoms. The second kappa shape index (κ2) is 7.97. The van der Waals surface area contributed by atoms with Crippen LogP contribution in [0.3, 0.4) is 0 Å². The average molecular weight is 268 g/mol. The first-order chi connectivity index (χ1) is 9.08. The van der Waals surface area contributed by atoms with Gasteiger partial charge in [-0.3, -0.25) is 4.79 Å². The van der Waals surface area contributed by atoms with Gasteiger partial charge in [0.1, 0.15) is 0 Å². The van der Waals surface area contributed by atoms with Crippen molar-refractivity contribution >= 4 is 11.9 Å². The minimum Gasteiger partial charge on any atom is -0.466 e. The van der Waals surface area contributed by atoms with Gasteiger partial charge in [0.2, 0.25) is 0 Å². The molecular weight excluding hydrogens is 244 g/mol. The quantitative estimate of drug-likeness (QED) is 0.549. The number of allylic oxidation sites excluding steroid dienone is 1. The molecule has 1 rings (SSSR count).